The summed E-state index contributed by atoms with van der Waals surface area (Å²) in [6.07, 6.45) is -1.75. The molecule has 0 bridgehead atoms. The lowest BCUT2D eigenvalue weighted by Crippen LogP contribution is -2.60. The van der Waals surface area contributed by atoms with Gasteiger partial charge < -0.3 is 26.2 Å². The molecule has 0 aromatic heterocycles. The second-order valence-electron chi connectivity index (χ2n) is 12.6. The van der Waals surface area contributed by atoms with Gasteiger partial charge in [-0.3, -0.25) is 28.8 Å². The minimum absolute atomic E-state index is 0.105. The summed E-state index contributed by atoms with van der Waals surface area (Å²) in [4.78, 5) is 78.0. The summed E-state index contributed by atoms with van der Waals surface area (Å²) in [6.45, 7) is 5.03. The molecule has 2 aliphatic heterocycles. The minimum atomic E-state index is -5.20. The molecule has 40 heavy (non-hydrogen) atoms. The number of halogens is 3. The molecular weight excluding hydrogens is 535 g/mol. The molecule has 2 heterocycles. The minimum Gasteiger partial charge on any atom is -0.356 e. The highest BCUT2D eigenvalue weighted by Crippen LogP contribution is 2.55. The van der Waals surface area contributed by atoms with Gasteiger partial charge in [0.05, 0.1) is 6.04 Å². The second kappa shape index (κ2) is 10.7. The highest BCUT2D eigenvalue weighted by Gasteiger charge is 2.57. The van der Waals surface area contributed by atoms with Crippen molar-refractivity contribution in [3.8, 4) is 0 Å². The molecule has 4 aliphatic rings. The molecule has 4 fully saturated rings. The van der Waals surface area contributed by atoms with Crippen LogP contribution in [0, 0.1) is 16.7 Å². The van der Waals surface area contributed by atoms with Crippen LogP contribution in [-0.2, 0) is 28.8 Å². The van der Waals surface area contributed by atoms with Crippen molar-refractivity contribution in [1.29, 1.82) is 0 Å². The fourth-order valence-corrected chi connectivity index (χ4v) is 5.38. The van der Waals surface area contributed by atoms with E-state index in [0.717, 1.165) is 12.8 Å². The van der Waals surface area contributed by atoms with Crippen molar-refractivity contribution in [2.45, 2.75) is 96.1 Å². The van der Waals surface area contributed by atoms with Crippen LogP contribution in [-0.4, -0.2) is 83.7 Å². The molecule has 1 spiro atoms. The SMILES string of the molecule is CC(C)(C)[C@H](NC(=O)C(F)(F)F)C(=O)N1CC2(CC2)C[C@H]1C(=O)N[C@@H](C[C@@H]1CCNC1=O)C(=O)C(=O)NC1CC1. The fourth-order valence-electron chi connectivity index (χ4n) is 5.38. The van der Waals surface area contributed by atoms with Gasteiger partial charge >= 0.3 is 12.1 Å². The van der Waals surface area contributed by atoms with E-state index in [1.165, 1.54) is 25.7 Å². The van der Waals surface area contributed by atoms with Crippen LogP contribution >= 0.6 is 0 Å². The Hall–Kier alpha value is -3.19. The molecule has 222 valence electrons. The molecule has 0 unspecified atom stereocenters. The van der Waals surface area contributed by atoms with Gasteiger partial charge in [0.2, 0.25) is 23.5 Å². The maximum atomic E-state index is 13.6. The Labute approximate surface area is 229 Å². The molecule has 11 nitrogen and oxygen atoms in total. The predicted molar refractivity (Wildman–Crippen MR) is 133 cm³/mol. The normalized spacial score (nSPS) is 25.1. The van der Waals surface area contributed by atoms with E-state index >= 15 is 0 Å². The highest BCUT2D eigenvalue weighted by molar-refractivity contribution is 6.38. The third-order valence-corrected chi connectivity index (χ3v) is 8.15. The van der Waals surface area contributed by atoms with E-state index in [9.17, 15) is 41.9 Å². The predicted octanol–water partition coefficient (Wildman–Crippen LogP) is 0.319. The zero-order valence-corrected chi connectivity index (χ0v) is 22.8. The highest BCUT2D eigenvalue weighted by atomic mass is 19.4. The summed E-state index contributed by atoms with van der Waals surface area (Å²) in [5, 5.41) is 9.62. The summed E-state index contributed by atoms with van der Waals surface area (Å²) in [5.74, 6) is -6.49. The van der Waals surface area contributed by atoms with Crippen LogP contribution in [0.15, 0.2) is 0 Å². The van der Waals surface area contributed by atoms with Gasteiger partial charge in [0.25, 0.3) is 5.91 Å². The number of nitrogens with zero attached hydrogens (tertiary/aromatic N) is 1. The number of carbonyl (C=O) groups is 6. The summed E-state index contributed by atoms with van der Waals surface area (Å²) in [5.41, 5.74) is -1.49. The summed E-state index contributed by atoms with van der Waals surface area (Å²) < 4.78 is 39.1. The van der Waals surface area contributed by atoms with Gasteiger partial charge in [0.1, 0.15) is 12.1 Å². The van der Waals surface area contributed by atoms with Crippen LogP contribution < -0.4 is 21.3 Å². The first-order chi connectivity index (χ1) is 18.5. The maximum absolute atomic E-state index is 13.6. The van der Waals surface area contributed by atoms with Gasteiger partial charge in [0, 0.05) is 25.0 Å². The molecular formula is C26H36F3N5O6. The standard InChI is InChI=1S/C26H36F3N5O6/c1-24(2,3)18(33-23(40)26(27,28)29)22(39)34-12-25(7-8-25)11-16(34)20(37)32-15(10-13-6-9-30-19(13)36)17(35)21(38)31-14-4-5-14/h13-16,18H,4-12H2,1-3H3,(H,30,36)(H,31,38)(H,32,37)(H,33,40)/t13-,15-,16-,18+/m0/s1. The number of hydrogen-bond donors (Lipinski definition) is 4. The number of likely N-dealkylation sites (tertiary alicyclic amines) is 1. The van der Waals surface area contributed by atoms with E-state index in [2.05, 4.69) is 16.0 Å². The molecule has 0 radical (unpaired) electrons. The van der Waals surface area contributed by atoms with Crippen molar-refractivity contribution in [1.82, 2.24) is 26.2 Å². The van der Waals surface area contributed by atoms with Crippen LogP contribution in [0.5, 0.6) is 0 Å². The molecule has 2 aliphatic carbocycles. The number of nitrogens with one attached hydrogen (secondary N) is 4. The van der Waals surface area contributed by atoms with Crippen molar-refractivity contribution in [2.24, 2.45) is 16.7 Å². The van der Waals surface area contributed by atoms with Gasteiger partial charge in [-0.15, -0.1) is 0 Å². The number of hydrogen-bond acceptors (Lipinski definition) is 6. The third kappa shape index (κ3) is 6.74. The molecule has 4 N–H and O–H groups in total. The van der Waals surface area contributed by atoms with Gasteiger partial charge in [-0.05, 0) is 55.8 Å². The average molecular weight is 572 g/mol. The van der Waals surface area contributed by atoms with E-state index in [1.54, 1.807) is 5.32 Å². The van der Waals surface area contributed by atoms with Crippen molar-refractivity contribution >= 4 is 35.3 Å². The van der Waals surface area contributed by atoms with Gasteiger partial charge in [-0.1, -0.05) is 20.8 Å². The first-order valence-corrected chi connectivity index (χ1v) is 13.6. The van der Waals surface area contributed by atoms with Crippen LogP contribution in [0.2, 0.25) is 0 Å². The summed E-state index contributed by atoms with van der Waals surface area (Å²) in [6, 6.07) is -4.13. The largest absolute Gasteiger partial charge is 0.471 e. The topological polar surface area (TPSA) is 154 Å². The first kappa shape index (κ1) is 29.8. The number of carbonyl (C=O) groups excluding carboxylic acids is 6. The lowest BCUT2D eigenvalue weighted by molar-refractivity contribution is -0.176. The number of ketones is 1. The van der Waals surface area contributed by atoms with E-state index in [-0.39, 0.29) is 36.8 Å². The zero-order valence-electron chi connectivity index (χ0n) is 22.8. The molecule has 2 saturated carbocycles. The average Bonchev–Trinajstić information content (AvgIpc) is 3.74. The lowest BCUT2D eigenvalue weighted by Gasteiger charge is -2.35. The van der Waals surface area contributed by atoms with Crippen LogP contribution in [0.1, 0.15) is 65.7 Å². The van der Waals surface area contributed by atoms with Crippen LogP contribution in [0.4, 0.5) is 13.2 Å². The van der Waals surface area contributed by atoms with Gasteiger partial charge in [-0.2, -0.15) is 13.2 Å². The number of amides is 5. The van der Waals surface area contributed by atoms with Crippen LogP contribution in [0.3, 0.4) is 0 Å². The molecule has 2 saturated heterocycles. The molecule has 5 amide bonds. The lowest BCUT2D eigenvalue weighted by atomic mass is 9.85. The van der Waals surface area contributed by atoms with E-state index in [1.807, 2.05) is 0 Å². The Bertz CT molecular complexity index is 1100. The van der Waals surface area contributed by atoms with Crippen molar-refractivity contribution in [2.75, 3.05) is 13.1 Å². The second-order valence-corrected chi connectivity index (χ2v) is 12.6. The number of rotatable bonds is 9. The number of Topliss-reactive ketones (excluding diaryl/α,β-unsaturated/α-hetero) is 1. The third-order valence-electron chi connectivity index (χ3n) is 8.15. The zero-order chi connectivity index (χ0) is 29.6. The van der Waals surface area contributed by atoms with Crippen molar-refractivity contribution in [3.63, 3.8) is 0 Å². The summed E-state index contributed by atoms with van der Waals surface area (Å²) in [7, 11) is 0. The molecule has 0 aromatic carbocycles. The Morgan fingerprint density at radius 2 is 1.70 bits per heavy atom. The molecule has 4 atom stereocenters. The van der Waals surface area contributed by atoms with Crippen molar-refractivity contribution < 1.29 is 41.9 Å². The van der Waals surface area contributed by atoms with E-state index < -0.39 is 65.0 Å². The quantitative estimate of drug-likeness (QED) is 0.293. The van der Waals surface area contributed by atoms with Gasteiger partial charge in [0.15, 0.2) is 0 Å². The van der Waals surface area contributed by atoms with E-state index in [0.29, 0.717) is 25.8 Å². The molecule has 4 rings (SSSR count). The smallest absolute Gasteiger partial charge is 0.356 e. The van der Waals surface area contributed by atoms with Crippen molar-refractivity contribution in [3.05, 3.63) is 0 Å². The van der Waals surface area contributed by atoms with Crippen LogP contribution in [0.25, 0.3) is 0 Å². The number of alkyl halides is 3. The molecule has 14 heteroatoms. The molecule has 0 aromatic rings. The first-order valence-electron chi connectivity index (χ1n) is 13.6. The van der Waals surface area contributed by atoms with Gasteiger partial charge in [-0.25, -0.2) is 0 Å². The monoisotopic (exact) mass is 571 g/mol. The maximum Gasteiger partial charge on any atom is 0.471 e. The Balaban J connectivity index is 1.54. The Morgan fingerprint density at radius 3 is 2.20 bits per heavy atom. The Kier molecular flexibility index (Phi) is 7.94. The summed E-state index contributed by atoms with van der Waals surface area (Å²) >= 11 is 0. The fraction of sp³-hybridized carbons (Fsp3) is 0.769. The van der Waals surface area contributed by atoms with E-state index in [4.69, 9.17) is 0 Å². The Morgan fingerprint density at radius 1 is 1.05 bits per heavy atom.